The summed E-state index contributed by atoms with van der Waals surface area (Å²) in [6.07, 6.45) is 4.49. The Kier molecular flexibility index (Phi) is 3.58. The van der Waals surface area contributed by atoms with Gasteiger partial charge in [0.1, 0.15) is 0 Å². The number of nitrogens with zero attached hydrogens (tertiary/aromatic N) is 1. The minimum atomic E-state index is -0.330. The number of likely N-dealkylation sites (tertiary alicyclic amines) is 1. The molecule has 1 fully saturated rings. The van der Waals surface area contributed by atoms with Crippen LogP contribution in [0.25, 0.3) is 0 Å². The number of amides is 1. The molecule has 0 bridgehead atoms. The topological polar surface area (TPSA) is 79.2 Å². The van der Waals surface area contributed by atoms with Crippen LogP contribution in [0.3, 0.4) is 0 Å². The zero-order chi connectivity index (χ0) is 12.3. The summed E-state index contributed by atoms with van der Waals surface area (Å²) in [4.78, 5) is 28.0. The molecule has 1 aliphatic heterocycles. The summed E-state index contributed by atoms with van der Waals surface area (Å²) in [7, 11) is 0. The molecule has 2 heterocycles. The van der Waals surface area contributed by atoms with Gasteiger partial charge in [0.05, 0.1) is 18.3 Å². The number of carbonyl (C=O) groups is 2. The quantitative estimate of drug-likeness (QED) is 0.747. The van der Waals surface area contributed by atoms with Crippen molar-refractivity contribution < 1.29 is 9.59 Å². The summed E-state index contributed by atoms with van der Waals surface area (Å²) in [6, 6.07) is 3.24. The Bertz CT molecular complexity index is 400. The monoisotopic (exact) mass is 235 g/mol. The van der Waals surface area contributed by atoms with E-state index in [0.717, 1.165) is 25.8 Å². The molecule has 0 spiro atoms. The molecule has 1 saturated heterocycles. The Balaban J connectivity index is 2.01. The molecule has 0 saturated carbocycles. The first kappa shape index (κ1) is 11.9. The lowest BCUT2D eigenvalue weighted by molar-refractivity contribution is -0.124. The number of primary amides is 1. The number of hydrogen-bond acceptors (Lipinski definition) is 3. The van der Waals surface area contributed by atoms with Crippen LogP contribution in [0, 0.1) is 0 Å². The summed E-state index contributed by atoms with van der Waals surface area (Å²) in [5, 5.41) is 0. The highest BCUT2D eigenvalue weighted by molar-refractivity contribution is 5.96. The van der Waals surface area contributed by atoms with Crippen molar-refractivity contribution in [2.45, 2.75) is 25.3 Å². The number of nitrogens with one attached hydrogen (secondary N) is 1. The van der Waals surface area contributed by atoms with Crippen LogP contribution in [0.4, 0.5) is 0 Å². The third-order valence-electron chi connectivity index (χ3n) is 3.19. The molecule has 1 unspecified atom stereocenters. The highest BCUT2D eigenvalue weighted by Gasteiger charge is 2.28. The van der Waals surface area contributed by atoms with Crippen LogP contribution < -0.4 is 5.73 Å². The van der Waals surface area contributed by atoms with E-state index in [1.54, 1.807) is 18.3 Å². The molecule has 1 atom stereocenters. The van der Waals surface area contributed by atoms with Gasteiger partial charge in [-0.1, -0.05) is 6.42 Å². The summed E-state index contributed by atoms with van der Waals surface area (Å²) >= 11 is 0. The van der Waals surface area contributed by atoms with Crippen LogP contribution in [0.2, 0.25) is 0 Å². The van der Waals surface area contributed by atoms with E-state index in [9.17, 15) is 9.59 Å². The molecule has 1 amide bonds. The van der Waals surface area contributed by atoms with Gasteiger partial charge >= 0.3 is 0 Å². The number of piperidine rings is 1. The van der Waals surface area contributed by atoms with E-state index in [1.165, 1.54) is 0 Å². The summed E-state index contributed by atoms with van der Waals surface area (Å²) in [5.74, 6) is -0.327. The average molecular weight is 235 g/mol. The van der Waals surface area contributed by atoms with E-state index in [0.29, 0.717) is 5.69 Å². The lowest BCUT2D eigenvalue weighted by Crippen LogP contribution is -2.49. The van der Waals surface area contributed by atoms with E-state index in [2.05, 4.69) is 4.98 Å². The van der Waals surface area contributed by atoms with Gasteiger partial charge in [-0.2, -0.15) is 0 Å². The number of rotatable bonds is 4. The lowest BCUT2D eigenvalue weighted by atomic mass is 10.0. The standard InChI is InChI=1S/C12H17N3O2/c13-12(17)10-5-1-2-7-15(10)8-11(16)9-4-3-6-14-9/h3-4,6,10,14H,1-2,5,7-8H2,(H2,13,17). The Labute approximate surface area is 100.0 Å². The van der Waals surface area contributed by atoms with Crippen LogP contribution in [0.15, 0.2) is 18.3 Å². The average Bonchev–Trinajstić information content (AvgIpc) is 2.83. The van der Waals surface area contributed by atoms with Crippen molar-refractivity contribution in [2.75, 3.05) is 13.1 Å². The largest absolute Gasteiger partial charge is 0.368 e. The van der Waals surface area contributed by atoms with Gasteiger partial charge in [-0.15, -0.1) is 0 Å². The van der Waals surface area contributed by atoms with E-state index in [4.69, 9.17) is 5.73 Å². The molecule has 1 aromatic heterocycles. The fourth-order valence-electron chi connectivity index (χ4n) is 2.28. The third kappa shape index (κ3) is 2.74. The zero-order valence-electron chi connectivity index (χ0n) is 9.69. The van der Waals surface area contributed by atoms with Crippen molar-refractivity contribution >= 4 is 11.7 Å². The van der Waals surface area contributed by atoms with Crippen LogP contribution in [0.5, 0.6) is 0 Å². The van der Waals surface area contributed by atoms with Crippen LogP contribution in [-0.2, 0) is 4.79 Å². The molecular formula is C12H17N3O2. The second-order valence-electron chi connectivity index (χ2n) is 4.39. The molecule has 0 radical (unpaired) electrons. The number of nitrogens with two attached hydrogens (primary N) is 1. The molecule has 1 aliphatic rings. The van der Waals surface area contributed by atoms with Crippen LogP contribution >= 0.6 is 0 Å². The molecular weight excluding hydrogens is 218 g/mol. The number of aromatic nitrogens is 1. The van der Waals surface area contributed by atoms with E-state index >= 15 is 0 Å². The van der Waals surface area contributed by atoms with Gasteiger partial charge in [0.15, 0.2) is 5.78 Å². The van der Waals surface area contributed by atoms with Crippen LogP contribution in [0.1, 0.15) is 29.8 Å². The lowest BCUT2D eigenvalue weighted by Gasteiger charge is -2.32. The Morgan fingerprint density at radius 1 is 1.47 bits per heavy atom. The fourth-order valence-corrected chi connectivity index (χ4v) is 2.28. The van der Waals surface area contributed by atoms with Crippen molar-refractivity contribution in [3.8, 4) is 0 Å². The highest BCUT2D eigenvalue weighted by atomic mass is 16.1. The number of Topliss-reactive ketones (excluding diaryl/α,β-unsaturated/α-hetero) is 1. The molecule has 2 rings (SSSR count). The van der Waals surface area contributed by atoms with Crippen molar-refractivity contribution in [2.24, 2.45) is 5.73 Å². The summed E-state index contributed by atoms with van der Waals surface area (Å²) in [5.41, 5.74) is 5.93. The van der Waals surface area contributed by atoms with Gasteiger partial charge in [0.2, 0.25) is 5.91 Å². The minimum Gasteiger partial charge on any atom is -0.368 e. The zero-order valence-corrected chi connectivity index (χ0v) is 9.69. The first-order valence-electron chi connectivity index (χ1n) is 5.88. The van der Waals surface area contributed by atoms with E-state index in [1.807, 2.05) is 4.90 Å². The maximum Gasteiger partial charge on any atom is 0.234 e. The molecule has 3 N–H and O–H groups in total. The van der Waals surface area contributed by atoms with Crippen molar-refractivity contribution in [3.63, 3.8) is 0 Å². The third-order valence-corrected chi connectivity index (χ3v) is 3.19. The smallest absolute Gasteiger partial charge is 0.234 e. The molecule has 5 nitrogen and oxygen atoms in total. The number of aromatic amines is 1. The maximum atomic E-state index is 11.9. The summed E-state index contributed by atoms with van der Waals surface area (Å²) in [6.45, 7) is 1.02. The fraction of sp³-hybridized carbons (Fsp3) is 0.500. The molecule has 5 heteroatoms. The first-order chi connectivity index (χ1) is 8.18. The van der Waals surface area contributed by atoms with Crippen molar-refractivity contribution in [1.29, 1.82) is 0 Å². The van der Waals surface area contributed by atoms with Gasteiger partial charge in [-0.05, 0) is 31.5 Å². The van der Waals surface area contributed by atoms with Crippen molar-refractivity contribution in [3.05, 3.63) is 24.0 Å². The second kappa shape index (κ2) is 5.14. The number of carbonyl (C=O) groups excluding carboxylic acids is 2. The van der Waals surface area contributed by atoms with Gasteiger partial charge < -0.3 is 10.7 Å². The molecule has 92 valence electrons. The number of H-pyrrole nitrogens is 1. The SMILES string of the molecule is NC(=O)C1CCCCN1CC(=O)c1ccc[nH]1. The predicted molar refractivity (Wildman–Crippen MR) is 63.5 cm³/mol. The van der Waals surface area contributed by atoms with Gasteiger partial charge in [-0.3, -0.25) is 14.5 Å². The maximum absolute atomic E-state index is 11.9. The van der Waals surface area contributed by atoms with Gasteiger partial charge in [0.25, 0.3) is 0 Å². The van der Waals surface area contributed by atoms with E-state index in [-0.39, 0.29) is 24.3 Å². The molecule has 0 aliphatic carbocycles. The van der Waals surface area contributed by atoms with E-state index < -0.39 is 0 Å². The molecule has 1 aromatic rings. The Hall–Kier alpha value is -1.62. The highest BCUT2D eigenvalue weighted by Crippen LogP contribution is 2.17. The second-order valence-corrected chi connectivity index (χ2v) is 4.39. The Morgan fingerprint density at radius 2 is 2.29 bits per heavy atom. The van der Waals surface area contributed by atoms with Gasteiger partial charge in [0, 0.05) is 6.20 Å². The number of hydrogen-bond donors (Lipinski definition) is 2. The van der Waals surface area contributed by atoms with Crippen LogP contribution in [-0.4, -0.2) is 40.7 Å². The van der Waals surface area contributed by atoms with Crippen molar-refractivity contribution in [1.82, 2.24) is 9.88 Å². The normalized spacial score (nSPS) is 21.3. The molecule has 17 heavy (non-hydrogen) atoms. The molecule has 0 aromatic carbocycles. The predicted octanol–water partition coefficient (Wildman–Crippen LogP) is 0.537. The van der Waals surface area contributed by atoms with Gasteiger partial charge in [-0.25, -0.2) is 0 Å². The number of ketones is 1. The minimum absolute atomic E-state index is 0.00292. The Morgan fingerprint density at radius 3 is 2.94 bits per heavy atom. The first-order valence-corrected chi connectivity index (χ1v) is 5.88. The summed E-state index contributed by atoms with van der Waals surface area (Å²) < 4.78 is 0.